The van der Waals surface area contributed by atoms with E-state index in [0.717, 1.165) is 11.3 Å². The van der Waals surface area contributed by atoms with E-state index in [2.05, 4.69) is 5.10 Å². The van der Waals surface area contributed by atoms with E-state index in [1.165, 1.54) is 0 Å². The summed E-state index contributed by atoms with van der Waals surface area (Å²) in [5.74, 6) is 0.615. The molecule has 8 nitrogen and oxygen atoms in total. The van der Waals surface area contributed by atoms with Crippen LogP contribution in [0.3, 0.4) is 0 Å². The highest BCUT2D eigenvalue weighted by Crippen LogP contribution is 2.34. The Morgan fingerprint density at radius 2 is 1.90 bits per heavy atom. The Labute approximate surface area is 182 Å². The first-order valence-electron chi connectivity index (χ1n) is 10.7. The number of aromatic nitrogens is 2. The van der Waals surface area contributed by atoms with Crippen LogP contribution in [0.5, 0.6) is 5.88 Å². The summed E-state index contributed by atoms with van der Waals surface area (Å²) in [5.41, 5.74) is 1.75. The minimum absolute atomic E-state index is 0.0304. The van der Waals surface area contributed by atoms with Crippen molar-refractivity contribution in [1.82, 2.24) is 19.6 Å². The lowest BCUT2D eigenvalue weighted by atomic mass is 9.99. The summed E-state index contributed by atoms with van der Waals surface area (Å²) in [5, 5.41) is 4.47. The second-order valence-electron chi connectivity index (χ2n) is 9.23. The highest BCUT2D eigenvalue weighted by atomic mass is 16.6. The number of likely N-dealkylation sites (tertiary alicyclic amines) is 1. The first-order chi connectivity index (χ1) is 14.6. The molecule has 2 amide bonds. The maximum Gasteiger partial charge on any atom is 0.410 e. The molecule has 2 aliphatic heterocycles. The normalized spacial score (nSPS) is 20.9. The number of carbonyl (C=O) groups is 2. The lowest BCUT2D eigenvalue weighted by Gasteiger charge is -2.42. The number of piperidine rings is 1. The highest BCUT2D eigenvalue weighted by Gasteiger charge is 2.43. The molecule has 1 aromatic heterocycles. The van der Waals surface area contributed by atoms with Crippen molar-refractivity contribution in [2.45, 2.75) is 58.4 Å². The van der Waals surface area contributed by atoms with Crippen molar-refractivity contribution in [1.29, 1.82) is 0 Å². The van der Waals surface area contributed by atoms with Gasteiger partial charge >= 0.3 is 6.09 Å². The molecule has 0 spiro atoms. The van der Waals surface area contributed by atoms with Gasteiger partial charge in [-0.05, 0) is 46.2 Å². The molecule has 0 saturated carbocycles. The van der Waals surface area contributed by atoms with E-state index in [-0.39, 0.29) is 24.1 Å². The van der Waals surface area contributed by atoms with Gasteiger partial charge in [-0.1, -0.05) is 18.2 Å². The Hall–Kier alpha value is -3.03. The van der Waals surface area contributed by atoms with Gasteiger partial charge in [0.1, 0.15) is 11.7 Å². The quantitative estimate of drug-likeness (QED) is 0.700. The zero-order chi connectivity index (χ0) is 22.3. The molecular formula is C23H30N4O4. The molecule has 2 atom stereocenters. The standard InChI is InChI=1S/C23H30N4O4/c1-15-17-13-27(22(29)31-23(2,3)4)18-11-12-26(20(28)16-9-7-6-8-10-16)14-19(18)30-21(17)25(5)24-15/h6-10,18-19H,11-14H2,1-5H3/t18-,19-/m1/s1. The summed E-state index contributed by atoms with van der Waals surface area (Å²) in [7, 11) is 1.83. The topological polar surface area (TPSA) is 76.9 Å². The van der Waals surface area contributed by atoms with Crippen LogP contribution in [-0.4, -0.2) is 62.4 Å². The number of ether oxygens (including phenoxy) is 2. The van der Waals surface area contributed by atoms with Crippen molar-refractivity contribution >= 4 is 12.0 Å². The summed E-state index contributed by atoms with van der Waals surface area (Å²) >= 11 is 0. The number of hydrogen-bond acceptors (Lipinski definition) is 5. The maximum atomic E-state index is 13.1. The van der Waals surface area contributed by atoms with Crippen LogP contribution in [0.4, 0.5) is 4.79 Å². The van der Waals surface area contributed by atoms with Crippen LogP contribution in [0.1, 0.15) is 48.8 Å². The van der Waals surface area contributed by atoms with Crippen molar-refractivity contribution in [3.63, 3.8) is 0 Å². The number of rotatable bonds is 1. The summed E-state index contributed by atoms with van der Waals surface area (Å²) in [4.78, 5) is 29.7. The summed E-state index contributed by atoms with van der Waals surface area (Å²) in [6.07, 6.45) is -0.127. The van der Waals surface area contributed by atoms with Gasteiger partial charge in [-0.15, -0.1) is 0 Å². The number of nitrogens with zero attached hydrogens (tertiary/aromatic N) is 4. The maximum absolute atomic E-state index is 13.1. The molecule has 166 valence electrons. The van der Waals surface area contributed by atoms with Crippen molar-refractivity contribution in [2.24, 2.45) is 7.05 Å². The van der Waals surface area contributed by atoms with Gasteiger partial charge in [0.25, 0.3) is 5.91 Å². The first-order valence-corrected chi connectivity index (χ1v) is 10.7. The second kappa shape index (κ2) is 7.90. The fraction of sp³-hybridized carbons (Fsp3) is 0.522. The van der Waals surface area contributed by atoms with Crippen molar-refractivity contribution in [3.8, 4) is 5.88 Å². The predicted molar refractivity (Wildman–Crippen MR) is 115 cm³/mol. The molecule has 2 aliphatic rings. The molecule has 0 radical (unpaired) electrons. The Bertz CT molecular complexity index is 979. The molecular weight excluding hydrogens is 396 g/mol. The third-order valence-corrected chi connectivity index (χ3v) is 5.74. The van der Waals surface area contributed by atoms with Gasteiger partial charge in [0, 0.05) is 19.2 Å². The van der Waals surface area contributed by atoms with E-state index in [4.69, 9.17) is 9.47 Å². The van der Waals surface area contributed by atoms with Crippen LogP contribution < -0.4 is 4.74 Å². The smallest absolute Gasteiger partial charge is 0.410 e. The first kappa shape index (κ1) is 21.2. The Morgan fingerprint density at radius 3 is 2.58 bits per heavy atom. The summed E-state index contributed by atoms with van der Waals surface area (Å²) in [6, 6.07) is 9.05. The van der Waals surface area contributed by atoms with Crippen molar-refractivity contribution < 1.29 is 19.1 Å². The third-order valence-electron chi connectivity index (χ3n) is 5.74. The lowest BCUT2D eigenvalue weighted by molar-refractivity contribution is -0.0191. The molecule has 1 saturated heterocycles. The van der Waals surface area contributed by atoms with Crippen LogP contribution >= 0.6 is 0 Å². The van der Waals surface area contributed by atoms with E-state index < -0.39 is 5.60 Å². The molecule has 0 unspecified atom stereocenters. The van der Waals surface area contributed by atoms with E-state index in [1.54, 1.807) is 14.5 Å². The minimum atomic E-state index is -0.601. The van der Waals surface area contributed by atoms with Crippen LogP contribution in [0.25, 0.3) is 0 Å². The number of benzene rings is 1. The van der Waals surface area contributed by atoms with Gasteiger partial charge in [-0.3, -0.25) is 9.69 Å². The molecule has 1 fully saturated rings. The minimum Gasteiger partial charge on any atom is -0.470 e. The SMILES string of the molecule is Cc1nn(C)c2c1CN(C(=O)OC(C)(C)C)[C@@H]1CCN(C(=O)c3ccccc3)C[C@H]1O2. The van der Waals surface area contributed by atoms with Crippen molar-refractivity contribution in [2.75, 3.05) is 13.1 Å². The molecule has 0 N–H and O–H groups in total. The highest BCUT2D eigenvalue weighted by molar-refractivity contribution is 5.94. The van der Waals surface area contributed by atoms with Gasteiger partial charge in [0.15, 0.2) is 0 Å². The van der Waals surface area contributed by atoms with Crippen molar-refractivity contribution in [3.05, 3.63) is 47.2 Å². The Kier molecular flexibility index (Phi) is 5.41. The average Bonchev–Trinajstić information content (AvgIpc) is 2.88. The van der Waals surface area contributed by atoms with Gasteiger partial charge in [-0.2, -0.15) is 5.10 Å². The van der Waals surface area contributed by atoms with E-state index in [0.29, 0.717) is 37.5 Å². The van der Waals surface area contributed by atoms with Gasteiger partial charge in [0.2, 0.25) is 5.88 Å². The fourth-order valence-corrected chi connectivity index (χ4v) is 4.29. The molecule has 0 aliphatic carbocycles. The number of carbonyl (C=O) groups excluding carboxylic acids is 2. The average molecular weight is 427 g/mol. The van der Waals surface area contributed by atoms with Crippen LogP contribution in [0.15, 0.2) is 30.3 Å². The van der Waals surface area contributed by atoms with Crippen LogP contribution in [0, 0.1) is 6.92 Å². The van der Waals surface area contributed by atoms with E-state index >= 15 is 0 Å². The van der Waals surface area contributed by atoms with E-state index in [9.17, 15) is 9.59 Å². The molecule has 3 heterocycles. The number of fused-ring (bicyclic) bond motifs is 2. The van der Waals surface area contributed by atoms with Gasteiger partial charge < -0.3 is 14.4 Å². The molecule has 8 heteroatoms. The molecule has 1 aromatic carbocycles. The Balaban J connectivity index is 1.64. The largest absolute Gasteiger partial charge is 0.470 e. The second-order valence-corrected chi connectivity index (χ2v) is 9.23. The molecule has 0 bridgehead atoms. The van der Waals surface area contributed by atoms with E-state index in [1.807, 2.05) is 65.1 Å². The molecule has 31 heavy (non-hydrogen) atoms. The zero-order valence-electron chi connectivity index (χ0n) is 18.8. The predicted octanol–water partition coefficient (Wildman–Crippen LogP) is 3.14. The Morgan fingerprint density at radius 1 is 1.19 bits per heavy atom. The fourth-order valence-electron chi connectivity index (χ4n) is 4.29. The number of hydrogen-bond donors (Lipinski definition) is 0. The summed E-state index contributed by atoms with van der Waals surface area (Å²) < 4.78 is 13.8. The van der Waals surface area contributed by atoms with Crippen LogP contribution in [-0.2, 0) is 18.3 Å². The van der Waals surface area contributed by atoms with Gasteiger partial charge in [-0.25, -0.2) is 9.48 Å². The van der Waals surface area contributed by atoms with Gasteiger partial charge in [0.05, 0.1) is 30.4 Å². The lowest BCUT2D eigenvalue weighted by Crippen LogP contribution is -2.58. The van der Waals surface area contributed by atoms with Crippen LogP contribution in [0.2, 0.25) is 0 Å². The zero-order valence-corrected chi connectivity index (χ0v) is 18.8. The number of amides is 2. The summed E-state index contributed by atoms with van der Waals surface area (Å²) in [6.45, 7) is 8.80. The molecule has 2 aromatic rings. The third kappa shape index (κ3) is 4.24. The number of aryl methyl sites for hydroxylation is 2. The molecule has 4 rings (SSSR count). The monoisotopic (exact) mass is 426 g/mol.